The van der Waals surface area contributed by atoms with Crippen molar-refractivity contribution in [3.05, 3.63) is 33.8 Å². The monoisotopic (exact) mass is 328 g/mol. The lowest BCUT2D eigenvalue weighted by molar-refractivity contribution is 0.0393. The number of likely N-dealkylation sites (N-methyl/N-ethyl adjacent to an activating group) is 2. The van der Waals surface area contributed by atoms with E-state index in [-0.39, 0.29) is 11.6 Å². The van der Waals surface area contributed by atoms with Crippen LogP contribution in [0.25, 0.3) is 0 Å². The van der Waals surface area contributed by atoms with E-state index in [0.29, 0.717) is 10.0 Å². The van der Waals surface area contributed by atoms with Crippen LogP contribution in [0.1, 0.15) is 44.2 Å². The number of nitrogens with one attached hydrogen (secondary N) is 1. The smallest absolute Gasteiger partial charge is 0.0640 e. The maximum absolute atomic E-state index is 6.50. The summed E-state index contributed by atoms with van der Waals surface area (Å²) in [5, 5.41) is 4.82. The van der Waals surface area contributed by atoms with Gasteiger partial charge in [0.2, 0.25) is 0 Å². The van der Waals surface area contributed by atoms with Crippen molar-refractivity contribution < 1.29 is 0 Å². The van der Waals surface area contributed by atoms with Gasteiger partial charge in [0.25, 0.3) is 0 Å². The molecule has 1 fully saturated rings. The lowest BCUT2D eigenvalue weighted by atomic mass is 9.69. The first-order valence-electron chi connectivity index (χ1n) is 7.71. The largest absolute Gasteiger partial charge is 0.311 e. The van der Waals surface area contributed by atoms with Crippen LogP contribution in [0.2, 0.25) is 10.0 Å². The summed E-state index contributed by atoms with van der Waals surface area (Å²) in [6.45, 7) is 2.35. The summed E-state index contributed by atoms with van der Waals surface area (Å²) in [5.41, 5.74) is 1.19. The van der Waals surface area contributed by atoms with Gasteiger partial charge in [0.15, 0.2) is 0 Å². The Bertz CT molecular complexity index is 490. The normalized spacial score (nSPS) is 27.9. The van der Waals surface area contributed by atoms with Gasteiger partial charge in [0, 0.05) is 5.54 Å². The van der Waals surface area contributed by atoms with Gasteiger partial charge in [-0.25, -0.2) is 0 Å². The van der Waals surface area contributed by atoms with E-state index >= 15 is 0 Å². The van der Waals surface area contributed by atoms with Gasteiger partial charge < -0.3 is 10.2 Å². The molecule has 21 heavy (non-hydrogen) atoms. The maximum Gasteiger partial charge on any atom is 0.0640 e. The second-order valence-electron chi connectivity index (χ2n) is 6.56. The molecule has 3 unspecified atom stereocenters. The first-order chi connectivity index (χ1) is 9.92. The molecule has 1 aromatic carbocycles. The fourth-order valence-electron chi connectivity index (χ4n) is 3.95. The lowest BCUT2D eigenvalue weighted by Gasteiger charge is -2.50. The molecule has 1 aliphatic rings. The molecule has 0 heterocycles. The van der Waals surface area contributed by atoms with Gasteiger partial charge in [-0.2, -0.15) is 0 Å². The van der Waals surface area contributed by atoms with Gasteiger partial charge >= 0.3 is 0 Å². The molecule has 0 aliphatic heterocycles. The quantitative estimate of drug-likeness (QED) is 0.856. The number of benzene rings is 1. The van der Waals surface area contributed by atoms with E-state index in [1.807, 2.05) is 19.2 Å². The molecule has 0 radical (unpaired) electrons. The van der Waals surface area contributed by atoms with Crippen LogP contribution in [-0.2, 0) is 0 Å². The van der Waals surface area contributed by atoms with Gasteiger partial charge in [0.1, 0.15) is 0 Å². The lowest BCUT2D eigenvalue weighted by Crippen LogP contribution is -2.55. The Hall–Kier alpha value is -0.280. The third kappa shape index (κ3) is 3.24. The van der Waals surface area contributed by atoms with Crippen molar-refractivity contribution in [2.45, 2.75) is 44.2 Å². The third-order valence-electron chi connectivity index (χ3n) is 5.02. The van der Waals surface area contributed by atoms with Gasteiger partial charge in [-0.1, -0.05) is 55.1 Å². The van der Waals surface area contributed by atoms with Crippen molar-refractivity contribution in [1.29, 1.82) is 0 Å². The Labute approximate surface area is 138 Å². The van der Waals surface area contributed by atoms with E-state index < -0.39 is 0 Å². The zero-order chi connectivity index (χ0) is 15.6. The van der Waals surface area contributed by atoms with Crippen LogP contribution in [0, 0.1) is 5.92 Å². The summed E-state index contributed by atoms with van der Waals surface area (Å²) >= 11 is 12.7. The SMILES string of the molecule is CNC(c1cccc(Cl)c1Cl)C1(N(C)C)CCCC(C)C1. The summed E-state index contributed by atoms with van der Waals surface area (Å²) in [4.78, 5) is 2.38. The Kier molecular flexibility index (Phi) is 5.59. The van der Waals surface area contributed by atoms with Crippen molar-refractivity contribution in [3.63, 3.8) is 0 Å². The van der Waals surface area contributed by atoms with Crippen LogP contribution >= 0.6 is 23.2 Å². The van der Waals surface area contributed by atoms with Crippen LogP contribution in [0.5, 0.6) is 0 Å². The summed E-state index contributed by atoms with van der Waals surface area (Å²) in [7, 11) is 6.38. The molecule has 2 rings (SSSR count). The van der Waals surface area contributed by atoms with E-state index in [4.69, 9.17) is 23.2 Å². The molecule has 3 atom stereocenters. The van der Waals surface area contributed by atoms with Gasteiger partial charge in [-0.3, -0.25) is 0 Å². The molecule has 118 valence electrons. The second-order valence-corrected chi connectivity index (χ2v) is 7.35. The standard InChI is InChI=1S/C17H26Cl2N2/c1-12-7-6-10-17(11-12,21(3)4)16(20-2)13-8-5-9-14(18)15(13)19/h5,8-9,12,16,20H,6-7,10-11H2,1-4H3. The predicted molar refractivity (Wildman–Crippen MR) is 92.3 cm³/mol. The third-order valence-corrected chi connectivity index (χ3v) is 5.85. The Morgan fingerprint density at radius 2 is 2.05 bits per heavy atom. The summed E-state index contributed by atoms with van der Waals surface area (Å²) < 4.78 is 0. The van der Waals surface area contributed by atoms with Crippen molar-refractivity contribution in [1.82, 2.24) is 10.2 Å². The number of halogens is 2. The van der Waals surface area contributed by atoms with Crippen LogP contribution in [0.3, 0.4) is 0 Å². The van der Waals surface area contributed by atoms with Crippen molar-refractivity contribution in [3.8, 4) is 0 Å². The highest BCUT2D eigenvalue weighted by Gasteiger charge is 2.44. The first-order valence-corrected chi connectivity index (χ1v) is 8.46. The molecule has 0 spiro atoms. The highest BCUT2D eigenvalue weighted by molar-refractivity contribution is 6.42. The average molecular weight is 329 g/mol. The summed E-state index contributed by atoms with van der Waals surface area (Å²) in [6.07, 6.45) is 4.93. The van der Waals surface area contributed by atoms with Crippen LogP contribution in [-0.4, -0.2) is 31.6 Å². The molecular weight excluding hydrogens is 303 g/mol. The Balaban J connectivity index is 2.48. The number of nitrogens with zero attached hydrogens (tertiary/aromatic N) is 1. The predicted octanol–water partition coefficient (Wildman–Crippen LogP) is 4.76. The average Bonchev–Trinajstić information content (AvgIpc) is 2.44. The van der Waals surface area contributed by atoms with E-state index in [1.165, 1.54) is 25.7 Å². The van der Waals surface area contributed by atoms with E-state index in [2.05, 4.69) is 37.3 Å². The summed E-state index contributed by atoms with van der Waals surface area (Å²) in [6, 6.07) is 6.12. The van der Waals surface area contributed by atoms with Gasteiger partial charge in [-0.15, -0.1) is 0 Å². The Morgan fingerprint density at radius 3 is 2.62 bits per heavy atom. The molecule has 0 amide bonds. The topological polar surface area (TPSA) is 15.3 Å². The fraction of sp³-hybridized carbons (Fsp3) is 0.647. The van der Waals surface area contributed by atoms with Crippen molar-refractivity contribution >= 4 is 23.2 Å². The van der Waals surface area contributed by atoms with E-state index in [0.717, 1.165) is 11.5 Å². The van der Waals surface area contributed by atoms with Crippen molar-refractivity contribution in [2.75, 3.05) is 21.1 Å². The molecule has 4 heteroatoms. The van der Waals surface area contributed by atoms with Crippen molar-refractivity contribution in [2.24, 2.45) is 5.92 Å². The minimum absolute atomic E-state index is 0.0841. The number of hydrogen-bond donors (Lipinski definition) is 1. The fourth-order valence-corrected chi connectivity index (χ4v) is 4.36. The van der Waals surface area contributed by atoms with Gasteiger partial charge in [-0.05, 0) is 51.5 Å². The van der Waals surface area contributed by atoms with E-state index in [1.54, 1.807) is 0 Å². The molecule has 0 bridgehead atoms. The molecule has 2 nitrogen and oxygen atoms in total. The molecule has 1 aliphatic carbocycles. The number of rotatable bonds is 4. The Morgan fingerprint density at radius 1 is 1.33 bits per heavy atom. The highest BCUT2D eigenvalue weighted by Crippen LogP contribution is 2.46. The minimum atomic E-state index is 0.0841. The van der Waals surface area contributed by atoms with Crippen LogP contribution in [0.4, 0.5) is 0 Å². The zero-order valence-corrected chi connectivity index (χ0v) is 14.9. The summed E-state index contributed by atoms with van der Waals surface area (Å²) in [5.74, 6) is 0.731. The van der Waals surface area contributed by atoms with Crippen LogP contribution in [0.15, 0.2) is 18.2 Å². The minimum Gasteiger partial charge on any atom is -0.311 e. The molecule has 0 aromatic heterocycles. The van der Waals surface area contributed by atoms with Gasteiger partial charge in [0.05, 0.1) is 16.1 Å². The molecule has 0 saturated heterocycles. The second kappa shape index (κ2) is 6.87. The number of hydrogen-bond acceptors (Lipinski definition) is 2. The maximum atomic E-state index is 6.50. The highest BCUT2D eigenvalue weighted by atomic mass is 35.5. The first kappa shape index (κ1) is 17.1. The molecule has 1 saturated carbocycles. The molecular formula is C17H26Cl2N2. The zero-order valence-electron chi connectivity index (χ0n) is 13.4. The molecule has 1 aromatic rings. The van der Waals surface area contributed by atoms with E-state index in [9.17, 15) is 0 Å². The molecule has 1 N–H and O–H groups in total. The van der Waals surface area contributed by atoms with Crippen LogP contribution < -0.4 is 5.32 Å².